The first-order valence-electron chi connectivity index (χ1n) is 4.36. The average Bonchev–Trinajstić information content (AvgIpc) is 2.60. The predicted octanol–water partition coefficient (Wildman–Crippen LogP) is 1.93. The zero-order valence-electron chi connectivity index (χ0n) is 7.96. The Morgan fingerprint density at radius 1 is 1.44 bits per heavy atom. The quantitative estimate of drug-likeness (QED) is 0.838. The number of aromatic nitrogens is 2. The Balaban J connectivity index is 2.53. The molecular weight excluding hydrogens is 232 g/mol. The lowest BCUT2D eigenvalue weighted by molar-refractivity contribution is 0.0697. The number of rotatable bonds is 2. The standard InChI is InChI=1S/C10H7ClN2O3/c11-9-8(10(15)16)5-12-13(9)6-2-1-3-7(14)4-6/h1-5,14H,(H,15,16). The molecule has 2 rings (SSSR count). The van der Waals surface area contributed by atoms with Crippen molar-refractivity contribution in [2.75, 3.05) is 0 Å². The Morgan fingerprint density at radius 3 is 2.75 bits per heavy atom. The molecule has 0 aliphatic heterocycles. The second-order valence-corrected chi connectivity index (χ2v) is 3.44. The summed E-state index contributed by atoms with van der Waals surface area (Å²) in [4.78, 5) is 10.7. The lowest BCUT2D eigenvalue weighted by atomic mass is 10.3. The van der Waals surface area contributed by atoms with Crippen molar-refractivity contribution >= 4 is 17.6 Å². The summed E-state index contributed by atoms with van der Waals surface area (Å²) in [6, 6.07) is 6.21. The van der Waals surface area contributed by atoms with E-state index < -0.39 is 5.97 Å². The molecule has 0 unspecified atom stereocenters. The van der Waals surface area contributed by atoms with Crippen molar-refractivity contribution in [2.45, 2.75) is 0 Å². The first kappa shape index (κ1) is 10.5. The number of benzene rings is 1. The zero-order valence-corrected chi connectivity index (χ0v) is 8.72. The minimum atomic E-state index is -1.14. The summed E-state index contributed by atoms with van der Waals surface area (Å²) in [5, 5.41) is 21.9. The number of halogens is 1. The van der Waals surface area contributed by atoms with Crippen LogP contribution in [0.5, 0.6) is 5.75 Å². The van der Waals surface area contributed by atoms with Gasteiger partial charge in [0.25, 0.3) is 0 Å². The molecule has 1 aromatic heterocycles. The van der Waals surface area contributed by atoms with E-state index in [1.54, 1.807) is 12.1 Å². The van der Waals surface area contributed by atoms with Crippen molar-refractivity contribution in [1.29, 1.82) is 0 Å². The van der Waals surface area contributed by atoms with E-state index in [2.05, 4.69) is 5.10 Å². The van der Waals surface area contributed by atoms with Crippen LogP contribution in [0.2, 0.25) is 5.15 Å². The molecule has 0 radical (unpaired) electrons. The minimum Gasteiger partial charge on any atom is -0.508 e. The van der Waals surface area contributed by atoms with Gasteiger partial charge in [-0.3, -0.25) is 0 Å². The summed E-state index contributed by atoms with van der Waals surface area (Å²) in [5.41, 5.74) is 0.419. The van der Waals surface area contributed by atoms with Crippen LogP contribution >= 0.6 is 11.6 Å². The second-order valence-electron chi connectivity index (χ2n) is 3.09. The third-order valence-corrected chi connectivity index (χ3v) is 2.38. The van der Waals surface area contributed by atoms with E-state index >= 15 is 0 Å². The zero-order chi connectivity index (χ0) is 11.7. The van der Waals surface area contributed by atoms with Gasteiger partial charge in [0.15, 0.2) is 0 Å². The second kappa shape index (κ2) is 3.86. The number of carboxylic acids is 1. The first-order valence-corrected chi connectivity index (χ1v) is 4.73. The summed E-state index contributed by atoms with van der Waals surface area (Å²) in [7, 11) is 0. The third-order valence-electron chi connectivity index (χ3n) is 2.02. The molecule has 6 heteroatoms. The number of hydrogen-bond donors (Lipinski definition) is 2. The van der Waals surface area contributed by atoms with Gasteiger partial charge < -0.3 is 10.2 Å². The van der Waals surface area contributed by atoms with Gasteiger partial charge in [-0.05, 0) is 12.1 Å². The minimum absolute atomic E-state index is 0.00176. The molecule has 2 N–H and O–H groups in total. The lowest BCUT2D eigenvalue weighted by Gasteiger charge is -2.03. The number of nitrogens with zero attached hydrogens (tertiary/aromatic N) is 2. The van der Waals surface area contributed by atoms with Crippen LogP contribution in [-0.4, -0.2) is 26.0 Å². The van der Waals surface area contributed by atoms with Crippen molar-refractivity contribution in [3.63, 3.8) is 0 Å². The highest BCUT2D eigenvalue weighted by Crippen LogP contribution is 2.22. The molecule has 5 nitrogen and oxygen atoms in total. The molecule has 82 valence electrons. The van der Waals surface area contributed by atoms with E-state index in [1.807, 2.05) is 0 Å². The summed E-state index contributed by atoms with van der Waals surface area (Å²) < 4.78 is 1.24. The molecule has 0 amide bonds. The summed E-state index contributed by atoms with van der Waals surface area (Å²) in [6.07, 6.45) is 1.16. The molecule has 0 fully saturated rings. The van der Waals surface area contributed by atoms with Crippen LogP contribution in [0.3, 0.4) is 0 Å². The molecule has 1 aromatic carbocycles. The molecule has 0 bridgehead atoms. The maximum atomic E-state index is 10.7. The SMILES string of the molecule is O=C(O)c1cnn(-c2cccc(O)c2)c1Cl. The van der Waals surface area contributed by atoms with Crippen molar-refractivity contribution in [3.8, 4) is 11.4 Å². The Hall–Kier alpha value is -2.01. The molecular formula is C10H7ClN2O3. The van der Waals surface area contributed by atoms with E-state index in [-0.39, 0.29) is 16.5 Å². The molecule has 0 aliphatic rings. The predicted molar refractivity (Wildman–Crippen MR) is 57.2 cm³/mol. The normalized spacial score (nSPS) is 10.3. The van der Waals surface area contributed by atoms with Crippen LogP contribution in [0, 0.1) is 0 Å². The van der Waals surface area contributed by atoms with E-state index in [0.717, 1.165) is 6.20 Å². The molecule has 0 saturated heterocycles. The lowest BCUT2D eigenvalue weighted by Crippen LogP contribution is -1.98. The Labute approximate surface area is 95.5 Å². The molecule has 0 spiro atoms. The van der Waals surface area contributed by atoms with Crippen molar-refractivity contribution in [1.82, 2.24) is 9.78 Å². The number of carbonyl (C=O) groups is 1. The highest BCUT2D eigenvalue weighted by atomic mass is 35.5. The van der Waals surface area contributed by atoms with Gasteiger partial charge in [-0.15, -0.1) is 0 Å². The Morgan fingerprint density at radius 2 is 2.19 bits per heavy atom. The number of aromatic hydroxyl groups is 1. The van der Waals surface area contributed by atoms with Crippen LogP contribution in [-0.2, 0) is 0 Å². The van der Waals surface area contributed by atoms with Crippen molar-refractivity contribution in [2.24, 2.45) is 0 Å². The molecule has 0 aliphatic carbocycles. The number of phenolic OH excluding ortho intramolecular Hbond substituents is 1. The van der Waals surface area contributed by atoms with E-state index in [0.29, 0.717) is 5.69 Å². The van der Waals surface area contributed by atoms with Gasteiger partial charge in [0.05, 0.1) is 11.9 Å². The monoisotopic (exact) mass is 238 g/mol. The van der Waals surface area contributed by atoms with E-state index in [1.165, 1.54) is 16.8 Å². The summed E-state index contributed by atoms with van der Waals surface area (Å²) in [6.45, 7) is 0. The van der Waals surface area contributed by atoms with Gasteiger partial charge in [0.2, 0.25) is 0 Å². The Bertz CT molecular complexity index is 551. The maximum absolute atomic E-state index is 10.7. The number of carboxylic acid groups (broad SMARTS) is 1. The maximum Gasteiger partial charge on any atom is 0.340 e. The molecule has 0 saturated carbocycles. The van der Waals surface area contributed by atoms with Gasteiger partial charge in [-0.25, -0.2) is 9.48 Å². The molecule has 0 atom stereocenters. The van der Waals surface area contributed by atoms with Gasteiger partial charge in [0, 0.05) is 6.07 Å². The Kier molecular flexibility index (Phi) is 2.54. The van der Waals surface area contributed by atoms with Gasteiger partial charge in [-0.1, -0.05) is 17.7 Å². The third kappa shape index (κ3) is 1.72. The highest BCUT2D eigenvalue weighted by molar-refractivity contribution is 6.32. The topological polar surface area (TPSA) is 75.3 Å². The molecule has 1 heterocycles. The van der Waals surface area contributed by atoms with Crippen molar-refractivity contribution in [3.05, 3.63) is 41.2 Å². The number of phenols is 1. The fraction of sp³-hybridized carbons (Fsp3) is 0. The molecule has 16 heavy (non-hydrogen) atoms. The summed E-state index contributed by atoms with van der Waals surface area (Å²) >= 11 is 5.84. The van der Waals surface area contributed by atoms with Crippen molar-refractivity contribution < 1.29 is 15.0 Å². The van der Waals surface area contributed by atoms with Gasteiger partial charge in [0.1, 0.15) is 16.5 Å². The molecule has 2 aromatic rings. The van der Waals surface area contributed by atoms with Crippen LogP contribution in [0.25, 0.3) is 5.69 Å². The van der Waals surface area contributed by atoms with Crippen LogP contribution in [0.4, 0.5) is 0 Å². The van der Waals surface area contributed by atoms with E-state index in [4.69, 9.17) is 16.7 Å². The number of aromatic carboxylic acids is 1. The fourth-order valence-electron chi connectivity index (χ4n) is 1.28. The fourth-order valence-corrected chi connectivity index (χ4v) is 1.55. The van der Waals surface area contributed by atoms with Crippen LogP contribution < -0.4 is 0 Å². The van der Waals surface area contributed by atoms with Gasteiger partial charge >= 0.3 is 5.97 Å². The average molecular weight is 239 g/mol. The highest BCUT2D eigenvalue weighted by Gasteiger charge is 2.15. The summed E-state index contributed by atoms with van der Waals surface area (Å²) in [5.74, 6) is -1.09. The first-order chi connectivity index (χ1) is 7.59. The number of hydrogen-bond acceptors (Lipinski definition) is 3. The largest absolute Gasteiger partial charge is 0.508 e. The van der Waals surface area contributed by atoms with Crippen LogP contribution in [0.1, 0.15) is 10.4 Å². The smallest absolute Gasteiger partial charge is 0.340 e. The van der Waals surface area contributed by atoms with Crippen LogP contribution in [0.15, 0.2) is 30.5 Å². The van der Waals surface area contributed by atoms with E-state index in [9.17, 15) is 9.90 Å². The van der Waals surface area contributed by atoms with Gasteiger partial charge in [-0.2, -0.15) is 5.10 Å².